The van der Waals surface area contributed by atoms with Crippen molar-refractivity contribution in [2.45, 2.75) is 11.3 Å². The summed E-state index contributed by atoms with van der Waals surface area (Å²) >= 11 is 0. The molecule has 35 heavy (non-hydrogen) atoms. The first-order valence-electron chi connectivity index (χ1n) is 11.1. The quantitative estimate of drug-likeness (QED) is 0.331. The smallest absolute Gasteiger partial charge is 0.257 e. The van der Waals surface area contributed by atoms with Crippen LogP contribution in [0.4, 0.5) is 0 Å². The number of carbonyl (C=O) groups is 1. The second-order valence-electron chi connectivity index (χ2n) is 8.09. The number of carbonyl (C=O) groups excluding carboxylic acids is 1. The molecule has 0 saturated heterocycles. The van der Waals surface area contributed by atoms with Gasteiger partial charge < -0.3 is 9.64 Å². The Bertz CT molecular complexity index is 1400. The molecule has 4 rings (SSSR count). The number of rotatable bonds is 9. The summed E-state index contributed by atoms with van der Waals surface area (Å²) in [4.78, 5) is 19.4. The van der Waals surface area contributed by atoms with E-state index in [0.717, 1.165) is 17.5 Å². The molecule has 2 aromatic heterocycles. The fourth-order valence-electron chi connectivity index (χ4n) is 3.55. The third-order valence-electron chi connectivity index (χ3n) is 5.39. The number of ether oxygens (including phenoxy) is 1. The molecule has 0 N–H and O–H groups in total. The largest absolute Gasteiger partial charge is 0.493 e. The van der Waals surface area contributed by atoms with E-state index in [0.29, 0.717) is 36.6 Å². The molecule has 9 heteroatoms. The number of pyridine rings is 1. The van der Waals surface area contributed by atoms with Crippen LogP contribution in [0.1, 0.15) is 16.8 Å². The number of nitrogens with zero attached hydrogens (tertiary/aromatic N) is 4. The summed E-state index contributed by atoms with van der Waals surface area (Å²) < 4.78 is 30.9. The van der Waals surface area contributed by atoms with Gasteiger partial charge in [-0.3, -0.25) is 9.78 Å². The van der Waals surface area contributed by atoms with E-state index in [-0.39, 0.29) is 10.8 Å². The summed E-state index contributed by atoms with van der Waals surface area (Å²) in [6.07, 6.45) is 6.83. The molecule has 0 aliphatic carbocycles. The normalized spacial score (nSPS) is 11.3. The van der Waals surface area contributed by atoms with Gasteiger partial charge in [0.2, 0.25) is 0 Å². The number of aromatic nitrogens is 3. The van der Waals surface area contributed by atoms with Gasteiger partial charge in [-0.1, -0.05) is 24.3 Å². The number of para-hydroxylation sites is 1. The zero-order valence-corrected chi connectivity index (χ0v) is 20.4. The molecule has 0 atom stereocenters. The molecular formula is C26H26N4O4S. The molecular weight excluding hydrogens is 464 g/mol. The maximum atomic E-state index is 13.3. The van der Waals surface area contributed by atoms with Gasteiger partial charge in [-0.15, -0.1) is 0 Å². The molecule has 4 aromatic rings. The first-order valence-corrected chi connectivity index (χ1v) is 13.0. The molecule has 2 heterocycles. The van der Waals surface area contributed by atoms with Crippen LogP contribution < -0.4 is 4.74 Å². The molecule has 0 saturated carbocycles. The number of sulfone groups is 1. The van der Waals surface area contributed by atoms with Gasteiger partial charge in [0, 0.05) is 44.0 Å². The van der Waals surface area contributed by atoms with Gasteiger partial charge in [-0.05, 0) is 48.9 Å². The maximum Gasteiger partial charge on any atom is 0.257 e. The third-order valence-corrected chi connectivity index (χ3v) is 6.50. The average Bonchev–Trinajstić information content (AvgIpc) is 3.32. The highest BCUT2D eigenvalue weighted by Crippen LogP contribution is 2.24. The molecule has 0 aliphatic rings. The Morgan fingerprint density at radius 3 is 2.57 bits per heavy atom. The Balaban J connectivity index is 1.45. The van der Waals surface area contributed by atoms with Crippen LogP contribution in [0, 0.1) is 0 Å². The SMILES string of the molecule is CN(CCCOc1cccc(S(C)(=O)=O)c1)C(=O)c1cn(-c2ccccc2)nc1-c1cccnc1. The first kappa shape index (κ1) is 24.2. The predicted molar refractivity (Wildman–Crippen MR) is 133 cm³/mol. The van der Waals surface area contributed by atoms with Crippen LogP contribution in [0.3, 0.4) is 0 Å². The van der Waals surface area contributed by atoms with E-state index >= 15 is 0 Å². The van der Waals surface area contributed by atoms with Gasteiger partial charge in [0.05, 0.1) is 22.8 Å². The van der Waals surface area contributed by atoms with Crippen molar-refractivity contribution in [2.75, 3.05) is 26.5 Å². The molecule has 0 radical (unpaired) electrons. The monoisotopic (exact) mass is 490 g/mol. The molecule has 0 fully saturated rings. The van der Waals surface area contributed by atoms with Crippen molar-refractivity contribution in [2.24, 2.45) is 0 Å². The summed E-state index contributed by atoms with van der Waals surface area (Å²) in [6.45, 7) is 0.789. The number of hydrogen-bond acceptors (Lipinski definition) is 6. The van der Waals surface area contributed by atoms with Crippen molar-refractivity contribution < 1.29 is 17.9 Å². The van der Waals surface area contributed by atoms with Crippen LogP contribution >= 0.6 is 0 Å². The summed E-state index contributed by atoms with van der Waals surface area (Å²) in [6, 6.07) is 19.7. The predicted octanol–water partition coefficient (Wildman–Crippen LogP) is 3.88. The Kier molecular flexibility index (Phi) is 7.26. The Hall–Kier alpha value is -3.98. The standard InChI is InChI=1S/C26H26N4O4S/c1-29(15-8-16-34-22-12-6-13-23(17-22)35(2,32)33)26(31)24-19-30(21-10-4-3-5-11-21)28-25(24)20-9-7-14-27-18-20/h3-7,9-14,17-19H,8,15-16H2,1-2H3. The summed E-state index contributed by atoms with van der Waals surface area (Å²) in [5, 5.41) is 4.67. The summed E-state index contributed by atoms with van der Waals surface area (Å²) in [5.74, 6) is 0.315. The fraction of sp³-hybridized carbons (Fsp3) is 0.192. The Labute approximate surface area is 204 Å². The van der Waals surface area contributed by atoms with Crippen LogP contribution in [-0.4, -0.2) is 60.4 Å². The van der Waals surface area contributed by atoms with Crippen molar-refractivity contribution >= 4 is 15.7 Å². The van der Waals surface area contributed by atoms with Crippen LogP contribution in [0.2, 0.25) is 0 Å². The zero-order chi connectivity index (χ0) is 24.8. The Morgan fingerprint density at radius 2 is 1.86 bits per heavy atom. The number of hydrogen-bond donors (Lipinski definition) is 0. The lowest BCUT2D eigenvalue weighted by Crippen LogP contribution is -2.28. The van der Waals surface area contributed by atoms with E-state index in [4.69, 9.17) is 4.74 Å². The maximum absolute atomic E-state index is 13.3. The van der Waals surface area contributed by atoms with E-state index in [9.17, 15) is 13.2 Å². The number of amides is 1. The second-order valence-corrected chi connectivity index (χ2v) is 10.1. The Morgan fingerprint density at radius 1 is 1.06 bits per heavy atom. The summed E-state index contributed by atoms with van der Waals surface area (Å²) in [7, 11) is -1.57. The minimum absolute atomic E-state index is 0.162. The van der Waals surface area contributed by atoms with E-state index in [2.05, 4.69) is 10.1 Å². The second kappa shape index (κ2) is 10.5. The fourth-order valence-corrected chi connectivity index (χ4v) is 4.21. The van der Waals surface area contributed by atoms with Crippen LogP contribution in [-0.2, 0) is 9.84 Å². The van der Waals surface area contributed by atoms with Gasteiger partial charge in [-0.25, -0.2) is 13.1 Å². The zero-order valence-electron chi connectivity index (χ0n) is 19.5. The summed E-state index contributed by atoms with van der Waals surface area (Å²) in [5.41, 5.74) is 2.65. The van der Waals surface area contributed by atoms with Gasteiger partial charge in [0.15, 0.2) is 9.84 Å². The first-order chi connectivity index (χ1) is 16.8. The van der Waals surface area contributed by atoms with Crippen molar-refractivity contribution in [3.63, 3.8) is 0 Å². The lowest BCUT2D eigenvalue weighted by molar-refractivity contribution is 0.0788. The van der Waals surface area contributed by atoms with Crippen molar-refractivity contribution in [1.82, 2.24) is 19.7 Å². The van der Waals surface area contributed by atoms with Crippen LogP contribution in [0.5, 0.6) is 5.75 Å². The van der Waals surface area contributed by atoms with Gasteiger partial charge in [0.25, 0.3) is 5.91 Å². The minimum Gasteiger partial charge on any atom is -0.493 e. The van der Waals surface area contributed by atoms with E-state index in [1.165, 1.54) is 12.1 Å². The highest BCUT2D eigenvalue weighted by Gasteiger charge is 2.21. The molecule has 8 nitrogen and oxygen atoms in total. The van der Waals surface area contributed by atoms with E-state index in [1.807, 2.05) is 42.5 Å². The van der Waals surface area contributed by atoms with E-state index in [1.54, 1.807) is 47.4 Å². The van der Waals surface area contributed by atoms with Crippen molar-refractivity contribution in [3.05, 3.63) is 90.9 Å². The lowest BCUT2D eigenvalue weighted by atomic mass is 10.1. The average molecular weight is 491 g/mol. The van der Waals surface area contributed by atoms with Gasteiger partial charge >= 0.3 is 0 Å². The van der Waals surface area contributed by atoms with Crippen LogP contribution in [0.25, 0.3) is 16.9 Å². The van der Waals surface area contributed by atoms with Crippen molar-refractivity contribution in [1.29, 1.82) is 0 Å². The van der Waals surface area contributed by atoms with Crippen LogP contribution in [0.15, 0.2) is 90.2 Å². The molecule has 0 spiro atoms. The molecule has 0 unspecified atom stereocenters. The highest BCUT2D eigenvalue weighted by molar-refractivity contribution is 7.90. The molecule has 180 valence electrons. The van der Waals surface area contributed by atoms with Gasteiger partial charge in [-0.2, -0.15) is 5.10 Å². The van der Waals surface area contributed by atoms with Gasteiger partial charge in [0.1, 0.15) is 11.4 Å². The molecule has 1 amide bonds. The lowest BCUT2D eigenvalue weighted by Gasteiger charge is -2.17. The minimum atomic E-state index is -3.30. The molecule has 0 bridgehead atoms. The topological polar surface area (TPSA) is 94.4 Å². The molecule has 2 aromatic carbocycles. The molecule has 0 aliphatic heterocycles. The van der Waals surface area contributed by atoms with Crippen molar-refractivity contribution in [3.8, 4) is 22.7 Å². The third kappa shape index (κ3) is 5.93. The number of benzene rings is 2. The van der Waals surface area contributed by atoms with E-state index < -0.39 is 9.84 Å². The highest BCUT2D eigenvalue weighted by atomic mass is 32.2.